The van der Waals surface area contributed by atoms with E-state index in [1.54, 1.807) is 27.4 Å². The van der Waals surface area contributed by atoms with E-state index in [-0.39, 0.29) is 0 Å². The Morgan fingerprint density at radius 2 is 1.79 bits per heavy atom. The number of H-pyrrole nitrogens is 1. The van der Waals surface area contributed by atoms with E-state index in [1.165, 1.54) is 6.08 Å². The molecule has 5 nitrogen and oxygen atoms in total. The Bertz CT molecular complexity index is 628. The summed E-state index contributed by atoms with van der Waals surface area (Å²) in [5.41, 5.74) is 1.60. The first-order valence-electron chi connectivity index (χ1n) is 5.68. The van der Waals surface area contributed by atoms with E-state index in [2.05, 4.69) is 4.98 Å². The van der Waals surface area contributed by atoms with E-state index in [1.807, 2.05) is 12.1 Å². The quantitative estimate of drug-likeness (QED) is 0.663. The predicted octanol–water partition coefficient (Wildman–Crippen LogP) is 2.41. The van der Waals surface area contributed by atoms with E-state index in [9.17, 15) is 4.79 Å². The summed E-state index contributed by atoms with van der Waals surface area (Å²) in [6.07, 6.45) is 3.83. The van der Waals surface area contributed by atoms with Crippen molar-refractivity contribution in [2.75, 3.05) is 21.3 Å². The summed E-state index contributed by atoms with van der Waals surface area (Å²) in [5, 5.41) is 0.917. The second-order valence-corrected chi connectivity index (χ2v) is 3.83. The minimum Gasteiger partial charge on any atom is -0.493 e. The Balaban J connectivity index is 2.69. The average molecular weight is 261 g/mol. The van der Waals surface area contributed by atoms with Gasteiger partial charge in [-0.05, 0) is 24.3 Å². The van der Waals surface area contributed by atoms with Crippen molar-refractivity contribution >= 4 is 23.3 Å². The maximum absolute atomic E-state index is 10.4. The first-order chi connectivity index (χ1) is 9.24. The Morgan fingerprint density at radius 3 is 2.37 bits per heavy atom. The molecule has 0 aliphatic heterocycles. The fourth-order valence-corrected chi connectivity index (χ4v) is 2.00. The predicted molar refractivity (Wildman–Crippen MR) is 73.1 cm³/mol. The van der Waals surface area contributed by atoms with Crippen LogP contribution in [0, 0.1) is 0 Å². The Morgan fingerprint density at radius 1 is 1.05 bits per heavy atom. The molecule has 2 aromatic rings. The van der Waals surface area contributed by atoms with Crippen molar-refractivity contribution in [2.24, 2.45) is 0 Å². The highest BCUT2D eigenvalue weighted by molar-refractivity contribution is 5.93. The number of hydrogen-bond donors (Lipinski definition) is 1. The normalized spacial score (nSPS) is 10.9. The molecule has 5 heteroatoms. The summed E-state index contributed by atoms with van der Waals surface area (Å²) >= 11 is 0. The maximum Gasteiger partial charge on any atom is 0.205 e. The number of allylic oxidation sites excluding steroid dienone is 1. The standard InChI is InChI=1S/C14H15NO4/c1-17-11-8-9-7-10(5-4-6-16)15-12(9)14(19-3)13(11)18-2/h4-8,15H,1-3H3/b5-4+. The van der Waals surface area contributed by atoms with Gasteiger partial charge in [0, 0.05) is 11.1 Å². The van der Waals surface area contributed by atoms with Gasteiger partial charge >= 0.3 is 0 Å². The molecule has 1 heterocycles. The molecule has 0 fully saturated rings. The SMILES string of the molecule is COc1cc2cc(/C=C/C=O)[nH]c2c(OC)c1OC. The van der Waals surface area contributed by atoms with E-state index < -0.39 is 0 Å². The van der Waals surface area contributed by atoms with Gasteiger partial charge in [-0.3, -0.25) is 4.79 Å². The molecule has 0 atom stereocenters. The highest BCUT2D eigenvalue weighted by Crippen LogP contribution is 2.43. The molecule has 1 aromatic carbocycles. The summed E-state index contributed by atoms with van der Waals surface area (Å²) in [5.74, 6) is 1.70. The van der Waals surface area contributed by atoms with Crippen LogP contribution in [0.1, 0.15) is 5.69 Å². The summed E-state index contributed by atoms with van der Waals surface area (Å²) in [6, 6.07) is 3.76. The number of methoxy groups -OCH3 is 3. The third-order valence-corrected chi connectivity index (χ3v) is 2.80. The largest absolute Gasteiger partial charge is 0.493 e. The molecule has 0 bridgehead atoms. The molecule has 0 aliphatic rings. The van der Waals surface area contributed by atoms with Crippen LogP contribution in [0.5, 0.6) is 17.2 Å². The van der Waals surface area contributed by atoms with Crippen molar-refractivity contribution in [3.8, 4) is 17.2 Å². The van der Waals surface area contributed by atoms with Crippen LogP contribution in [0.4, 0.5) is 0 Å². The number of ether oxygens (including phenoxy) is 3. The van der Waals surface area contributed by atoms with Crippen molar-refractivity contribution < 1.29 is 19.0 Å². The highest BCUT2D eigenvalue weighted by Gasteiger charge is 2.17. The number of carbonyl (C=O) groups is 1. The molecular formula is C14H15NO4. The monoisotopic (exact) mass is 261 g/mol. The summed E-state index contributed by atoms with van der Waals surface area (Å²) < 4.78 is 16.0. The first kappa shape index (κ1) is 13.0. The molecule has 0 saturated heterocycles. The van der Waals surface area contributed by atoms with E-state index >= 15 is 0 Å². The number of hydrogen-bond acceptors (Lipinski definition) is 4. The molecule has 19 heavy (non-hydrogen) atoms. The molecule has 0 saturated carbocycles. The lowest BCUT2D eigenvalue weighted by Crippen LogP contribution is -1.95. The Hall–Kier alpha value is -2.43. The third-order valence-electron chi connectivity index (χ3n) is 2.80. The number of rotatable bonds is 5. The second-order valence-electron chi connectivity index (χ2n) is 3.83. The van der Waals surface area contributed by atoms with Crippen LogP contribution in [0.3, 0.4) is 0 Å². The molecule has 0 radical (unpaired) electrons. The van der Waals surface area contributed by atoms with Gasteiger partial charge in [-0.15, -0.1) is 0 Å². The average Bonchev–Trinajstić information content (AvgIpc) is 2.85. The van der Waals surface area contributed by atoms with Crippen molar-refractivity contribution in [3.05, 3.63) is 23.9 Å². The zero-order chi connectivity index (χ0) is 13.8. The zero-order valence-corrected chi connectivity index (χ0v) is 11.0. The number of aromatic nitrogens is 1. The maximum atomic E-state index is 10.4. The van der Waals surface area contributed by atoms with Gasteiger partial charge in [0.05, 0.1) is 26.8 Å². The van der Waals surface area contributed by atoms with E-state index in [0.29, 0.717) is 17.2 Å². The topological polar surface area (TPSA) is 60.6 Å². The van der Waals surface area contributed by atoms with Crippen molar-refractivity contribution in [2.45, 2.75) is 0 Å². The number of aromatic amines is 1. The van der Waals surface area contributed by atoms with Crippen molar-refractivity contribution in [1.29, 1.82) is 0 Å². The van der Waals surface area contributed by atoms with Gasteiger partial charge in [0.2, 0.25) is 5.75 Å². The first-order valence-corrected chi connectivity index (χ1v) is 5.68. The molecule has 0 spiro atoms. The van der Waals surface area contributed by atoms with Crippen LogP contribution in [0.25, 0.3) is 17.0 Å². The zero-order valence-electron chi connectivity index (χ0n) is 11.0. The highest BCUT2D eigenvalue weighted by atomic mass is 16.5. The molecule has 0 amide bonds. The fraction of sp³-hybridized carbons (Fsp3) is 0.214. The van der Waals surface area contributed by atoms with E-state index in [0.717, 1.165) is 22.9 Å². The van der Waals surface area contributed by atoms with Crippen LogP contribution in [-0.4, -0.2) is 32.6 Å². The third kappa shape index (κ3) is 2.27. The van der Waals surface area contributed by atoms with Crippen molar-refractivity contribution in [3.63, 3.8) is 0 Å². The lowest BCUT2D eigenvalue weighted by molar-refractivity contribution is -0.104. The molecule has 100 valence electrons. The number of nitrogens with one attached hydrogen (secondary N) is 1. The molecule has 1 aromatic heterocycles. The van der Waals surface area contributed by atoms with Crippen LogP contribution in [0.2, 0.25) is 0 Å². The fourth-order valence-electron chi connectivity index (χ4n) is 2.00. The van der Waals surface area contributed by atoms with Gasteiger partial charge in [-0.25, -0.2) is 0 Å². The van der Waals surface area contributed by atoms with E-state index in [4.69, 9.17) is 14.2 Å². The smallest absolute Gasteiger partial charge is 0.205 e. The second kappa shape index (κ2) is 5.48. The van der Waals surface area contributed by atoms with Crippen LogP contribution >= 0.6 is 0 Å². The summed E-state index contributed by atoms with van der Waals surface area (Å²) in [6.45, 7) is 0. The Kier molecular flexibility index (Phi) is 3.75. The minimum absolute atomic E-state index is 0.533. The molecular weight excluding hydrogens is 246 g/mol. The van der Waals surface area contributed by atoms with Gasteiger partial charge in [0.15, 0.2) is 11.5 Å². The van der Waals surface area contributed by atoms with Gasteiger partial charge < -0.3 is 19.2 Å². The van der Waals surface area contributed by atoms with Gasteiger partial charge in [-0.1, -0.05) is 0 Å². The molecule has 0 unspecified atom stereocenters. The summed E-state index contributed by atoms with van der Waals surface area (Å²) in [4.78, 5) is 13.5. The van der Waals surface area contributed by atoms with Gasteiger partial charge in [0.25, 0.3) is 0 Å². The minimum atomic E-state index is 0.533. The molecule has 2 rings (SSSR count). The van der Waals surface area contributed by atoms with Gasteiger partial charge in [0.1, 0.15) is 6.29 Å². The lowest BCUT2D eigenvalue weighted by atomic mass is 10.2. The lowest BCUT2D eigenvalue weighted by Gasteiger charge is -2.12. The number of benzene rings is 1. The van der Waals surface area contributed by atoms with Crippen LogP contribution in [0.15, 0.2) is 18.2 Å². The molecule has 1 N–H and O–H groups in total. The summed E-state index contributed by atoms with van der Waals surface area (Å²) in [7, 11) is 4.70. The van der Waals surface area contributed by atoms with Crippen molar-refractivity contribution in [1.82, 2.24) is 4.98 Å². The number of fused-ring (bicyclic) bond motifs is 1. The number of aldehydes is 1. The van der Waals surface area contributed by atoms with Crippen LogP contribution < -0.4 is 14.2 Å². The Labute approximate surface area is 110 Å². The molecule has 0 aliphatic carbocycles. The number of carbonyl (C=O) groups excluding carboxylic acids is 1. The van der Waals surface area contributed by atoms with Gasteiger partial charge in [-0.2, -0.15) is 0 Å². The van der Waals surface area contributed by atoms with Crippen LogP contribution in [-0.2, 0) is 4.79 Å².